The van der Waals surface area contributed by atoms with Crippen molar-refractivity contribution in [3.8, 4) is 0 Å². The molecule has 0 bridgehead atoms. The number of rotatable bonds is 4. The summed E-state index contributed by atoms with van der Waals surface area (Å²) < 4.78 is 5.50. The standard InChI is InChI=1S/C10H18N2O/c11-10(8-3-4-8)12-6-5-9-2-1-7-13-9/h8-9H,1-7H2,(H2,11,12). The topological polar surface area (TPSA) is 47.6 Å². The Bertz CT molecular complexity index is 193. The van der Waals surface area contributed by atoms with Crippen molar-refractivity contribution in [1.82, 2.24) is 0 Å². The monoisotopic (exact) mass is 182 g/mol. The van der Waals surface area contributed by atoms with E-state index in [4.69, 9.17) is 10.5 Å². The van der Waals surface area contributed by atoms with E-state index in [2.05, 4.69) is 4.99 Å². The highest BCUT2D eigenvalue weighted by Gasteiger charge is 2.25. The molecule has 3 nitrogen and oxygen atoms in total. The largest absolute Gasteiger partial charge is 0.387 e. The van der Waals surface area contributed by atoms with Crippen LogP contribution in [0, 0.1) is 5.92 Å². The van der Waals surface area contributed by atoms with Gasteiger partial charge in [-0.15, -0.1) is 0 Å². The van der Waals surface area contributed by atoms with Crippen LogP contribution in [-0.2, 0) is 4.74 Å². The van der Waals surface area contributed by atoms with Crippen LogP contribution in [0.15, 0.2) is 4.99 Å². The van der Waals surface area contributed by atoms with Crippen molar-refractivity contribution in [2.75, 3.05) is 13.2 Å². The Hall–Kier alpha value is -0.570. The van der Waals surface area contributed by atoms with Crippen molar-refractivity contribution in [2.45, 2.75) is 38.2 Å². The van der Waals surface area contributed by atoms with Crippen molar-refractivity contribution in [2.24, 2.45) is 16.6 Å². The minimum atomic E-state index is 0.454. The molecule has 1 aliphatic carbocycles. The van der Waals surface area contributed by atoms with Gasteiger partial charge in [0.05, 0.1) is 11.9 Å². The minimum Gasteiger partial charge on any atom is -0.387 e. The molecular formula is C10H18N2O. The summed E-state index contributed by atoms with van der Waals surface area (Å²) in [7, 11) is 0. The Labute approximate surface area is 79.4 Å². The molecular weight excluding hydrogens is 164 g/mol. The third kappa shape index (κ3) is 2.69. The van der Waals surface area contributed by atoms with Crippen molar-refractivity contribution < 1.29 is 4.74 Å². The molecule has 1 heterocycles. The maximum absolute atomic E-state index is 5.77. The van der Waals surface area contributed by atoms with Crippen LogP contribution in [0.25, 0.3) is 0 Å². The van der Waals surface area contributed by atoms with Crippen molar-refractivity contribution in [3.63, 3.8) is 0 Å². The number of nitrogens with two attached hydrogens (primary N) is 1. The molecule has 0 aromatic heterocycles. The average molecular weight is 182 g/mol. The van der Waals surface area contributed by atoms with Gasteiger partial charge in [0, 0.05) is 19.1 Å². The van der Waals surface area contributed by atoms with E-state index in [9.17, 15) is 0 Å². The van der Waals surface area contributed by atoms with Gasteiger partial charge in [0.25, 0.3) is 0 Å². The fourth-order valence-corrected chi connectivity index (χ4v) is 1.72. The number of nitrogens with zero attached hydrogens (tertiary/aromatic N) is 1. The number of amidine groups is 1. The zero-order valence-corrected chi connectivity index (χ0v) is 8.04. The highest BCUT2D eigenvalue weighted by Crippen LogP contribution is 2.28. The average Bonchev–Trinajstić information content (AvgIpc) is 2.86. The lowest BCUT2D eigenvalue weighted by atomic mass is 10.2. The molecule has 2 rings (SSSR count). The second-order valence-electron chi connectivity index (χ2n) is 4.00. The summed E-state index contributed by atoms with van der Waals surface area (Å²) in [6.45, 7) is 1.79. The number of ether oxygens (including phenoxy) is 1. The summed E-state index contributed by atoms with van der Waals surface area (Å²) in [6.07, 6.45) is 6.42. The van der Waals surface area contributed by atoms with Crippen LogP contribution in [0.1, 0.15) is 32.1 Å². The quantitative estimate of drug-likeness (QED) is 0.526. The Morgan fingerprint density at radius 2 is 2.23 bits per heavy atom. The zero-order valence-electron chi connectivity index (χ0n) is 8.04. The predicted molar refractivity (Wildman–Crippen MR) is 52.8 cm³/mol. The van der Waals surface area contributed by atoms with E-state index < -0.39 is 0 Å². The fourth-order valence-electron chi connectivity index (χ4n) is 1.72. The van der Waals surface area contributed by atoms with Gasteiger partial charge in [0.2, 0.25) is 0 Å². The van der Waals surface area contributed by atoms with Gasteiger partial charge >= 0.3 is 0 Å². The molecule has 0 aromatic carbocycles. The van der Waals surface area contributed by atoms with E-state index in [0.717, 1.165) is 25.4 Å². The summed E-state index contributed by atoms with van der Waals surface area (Å²) >= 11 is 0. The van der Waals surface area contributed by atoms with Crippen LogP contribution in [0.3, 0.4) is 0 Å². The van der Waals surface area contributed by atoms with Crippen LogP contribution in [-0.4, -0.2) is 25.1 Å². The van der Waals surface area contributed by atoms with E-state index in [1.165, 1.54) is 25.7 Å². The van der Waals surface area contributed by atoms with Gasteiger partial charge in [0.1, 0.15) is 0 Å². The van der Waals surface area contributed by atoms with Crippen molar-refractivity contribution in [1.29, 1.82) is 0 Å². The zero-order chi connectivity index (χ0) is 9.10. The fraction of sp³-hybridized carbons (Fsp3) is 0.900. The van der Waals surface area contributed by atoms with E-state index >= 15 is 0 Å². The van der Waals surface area contributed by atoms with Gasteiger partial charge < -0.3 is 10.5 Å². The van der Waals surface area contributed by atoms with E-state index in [-0.39, 0.29) is 0 Å². The van der Waals surface area contributed by atoms with Gasteiger partial charge in [-0.05, 0) is 32.1 Å². The lowest BCUT2D eigenvalue weighted by molar-refractivity contribution is 0.106. The SMILES string of the molecule is NC(=NCCC1CCCO1)C1CC1. The lowest BCUT2D eigenvalue weighted by Gasteiger charge is -2.06. The first kappa shape index (κ1) is 9.00. The van der Waals surface area contributed by atoms with Crippen LogP contribution >= 0.6 is 0 Å². The second-order valence-corrected chi connectivity index (χ2v) is 4.00. The Balaban J connectivity index is 1.63. The predicted octanol–water partition coefficient (Wildman–Crippen LogP) is 1.32. The van der Waals surface area contributed by atoms with Crippen molar-refractivity contribution in [3.05, 3.63) is 0 Å². The summed E-state index contributed by atoms with van der Waals surface area (Å²) in [5.41, 5.74) is 5.77. The van der Waals surface area contributed by atoms with Gasteiger partial charge in [-0.1, -0.05) is 0 Å². The van der Waals surface area contributed by atoms with Crippen LogP contribution in [0.4, 0.5) is 0 Å². The molecule has 2 fully saturated rings. The van der Waals surface area contributed by atoms with Crippen LogP contribution < -0.4 is 5.73 Å². The highest BCUT2D eigenvalue weighted by molar-refractivity contribution is 5.84. The van der Waals surface area contributed by atoms with Gasteiger partial charge in [-0.3, -0.25) is 4.99 Å². The molecule has 1 aliphatic heterocycles. The molecule has 1 atom stereocenters. The van der Waals surface area contributed by atoms with E-state index in [1.54, 1.807) is 0 Å². The number of hydrogen-bond acceptors (Lipinski definition) is 2. The normalized spacial score (nSPS) is 29.5. The summed E-state index contributed by atoms with van der Waals surface area (Å²) in [5, 5.41) is 0. The molecule has 74 valence electrons. The lowest BCUT2D eigenvalue weighted by Crippen LogP contribution is -2.15. The molecule has 0 amide bonds. The Morgan fingerprint density at radius 3 is 2.85 bits per heavy atom. The summed E-state index contributed by atoms with van der Waals surface area (Å²) in [6, 6.07) is 0. The van der Waals surface area contributed by atoms with Gasteiger partial charge in [0.15, 0.2) is 0 Å². The van der Waals surface area contributed by atoms with E-state index in [0.29, 0.717) is 12.0 Å². The minimum absolute atomic E-state index is 0.454. The molecule has 0 spiro atoms. The number of aliphatic imine (C=N–C) groups is 1. The molecule has 0 radical (unpaired) electrons. The first-order valence-electron chi connectivity index (χ1n) is 5.27. The molecule has 13 heavy (non-hydrogen) atoms. The molecule has 2 N–H and O–H groups in total. The maximum atomic E-state index is 5.77. The third-order valence-corrected chi connectivity index (χ3v) is 2.77. The highest BCUT2D eigenvalue weighted by atomic mass is 16.5. The molecule has 1 saturated carbocycles. The Morgan fingerprint density at radius 1 is 1.38 bits per heavy atom. The molecule has 3 heteroatoms. The third-order valence-electron chi connectivity index (χ3n) is 2.77. The summed E-state index contributed by atoms with van der Waals surface area (Å²) in [5.74, 6) is 1.49. The second kappa shape index (κ2) is 4.09. The first-order valence-corrected chi connectivity index (χ1v) is 5.27. The smallest absolute Gasteiger partial charge is 0.0968 e. The Kier molecular flexibility index (Phi) is 2.83. The summed E-state index contributed by atoms with van der Waals surface area (Å²) in [4.78, 5) is 4.36. The molecule has 1 saturated heterocycles. The first-order chi connectivity index (χ1) is 6.36. The van der Waals surface area contributed by atoms with Crippen LogP contribution in [0.5, 0.6) is 0 Å². The van der Waals surface area contributed by atoms with Gasteiger partial charge in [-0.25, -0.2) is 0 Å². The van der Waals surface area contributed by atoms with Crippen LogP contribution in [0.2, 0.25) is 0 Å². The molecule has 0 aromatic rings. The van der Waals surface area contributed by atoms with Gasteiger partial charge in [-0.2, -0.15) is 0 Å². The molecule has 1 unspecified atom stereocenters. The molecule has 2 aliphatic rings. The van der Waals surface area contributed by atoms with Crippen molar-refractivity contribution >= 4 is 5.84 Å². The maximum Gasteiger partial charge on any atom is 0.0968 e. The van der Waals surface area contributed by atoms with E-state index in [1.807, 2.05) is 0 Å². The number of hydrogen-bond donors (Lipinski definition) is 1.